The average Bonchev–Trinajstić information content (AvgIpc) is 3.81. The van der Waals surface area contributed by atoms with Crippen molar-refractivity contribution in [2.45, 2.75) is 70.0 Å². The Bertz CT molecular complexity index is 3050. The predicted molar refractivity (Wildman–Crippen MR) is 258 cm³/mol. The van der Waals surface area contributed by atoms with E-state index in [9.17, 15) is 0 Å². The molecule has 294 valence electrons. The molecule has 1 spiro atoms. The third kappa shape index (κ3) is 5.47. The summed E-state index contributed by atoms with van der Waals surface area (Å²) in [6.07, 6.45) is 0. The normalized spacial score (nSPS) is 16.4. The van der Waals surface area contributed by atoms with Gasteiger partial charge in [0, 0.05) is 22.5 Å². The van der Waals surface area contributed by atoms with E-state index in [4.69, 9.17) is 7.85 Å². The fourth-order valence-corrected chi connectivity index (χ4v) is 10.9. The topological polar surface area (TPSA) is 3.24 Å². The van der Waals surface area contributed by atoms with Crippen LogP contribution in [0.1, 0.15) is 93.0 Å². The van der Waals surface area contributed by atoms with Crippen molar-refractivity contribution in [1.29, 1.82) is 0 Å². The molecule has 0 saturated carbocycles. The molecule has 3 aliphatic carbocycles. The number of benzene rings is 8. The molecule has 11 rings (SSSR count). The molecule has 0 heterocycles. The van der Waals surface area contributed by atoms with Crippen LogP contribution in [0.4, 0.5) is 17.1 Å². The van der Waals surface area contributed by atoms with Gasteiger partial charge < -0.3 is 4.90 Å². The molecule has 61 heavy (non-hydrogen) atoms. The van der Waals surface area contributed by atoms with E-state index in [2.05, 4.69) is 229 Å². The van der Waals surface area contributed by atoms with E-state index in [1.807, 2.05) is 0 Å². The predicted octanol–water partition coefficient (Wildman–Crippen LogP) is 15.2. The molecule has 8 aromatic carbocycles. The van der Waals surface area contributed by atoms with E-state index in [0.29, 0.717) is 0 Å². The Kier molecular flexibility index (Phi) is 8.05. The van der Waals surface area contributed by atoms with Crippen molar-refractivity contribution in [3.05, 3.63) is 220 Å². The third-order valence-electron chi connectivity index (χ3n) is 14.1. The van der Waals surface area contributed by atoms with Crippen molar-refractivity contribution < 1.29 is 0 Å². The second-order valence-electron chi connectivity index (χ2n) is 19.7. The standard InChI is InChI=1S/C59H50BN/c1-56(2,3)40-26-31-47-44-14-9-12-18-52(44)59(54(47)34-40)53-19-13-10-15-45(53)48-32-29-43(36-55(48)59)61(41-27-22-38(23-28-41)37-20-24-39(25-21-37)58(6,7)60)42-30-33-51-49(35-42)46-16-8-11-17-50(46)57(51,4)5/h8-36H,1-7H3. The highest BCUT2D eigenvalue weighted by Crippen LogP contribution is 2.64. The lowest BCUT2D eigenvalue weighted by molar-refractivity contribution is 0.588. The zero-order chi connectivity index (χ0) is 42.1. The zero-order valence-corrected chi connectivity index (χ0v) is 36.3. The van der Waals surface area contributed by atoms with Gasteiger partial charge in [0.15, 0.2) is 0 Å². The van der Waals surface area contributed by atoms with Crippen molar-refractivity contribution in [3.63, 3.8) is 0 Å². The van der Waals surface area contributed by atoms with Gasteiger partial charge in [0.2, 0.25) is 0 Å². The summed E-state index contributed by atoms with van der Waals surface area (Å²) in [5.41, 5.74) is 23.7. The van der Waals surface area contributed by atoms with E-state index in [1.54, 1.807) is 0 Å². The van der Waals surface area contributed by atoms with Gasteiger partial charge in [-0.2, -0.15) is 0 Å². The second kappa shape index (κ2) is 13.1. The summed E-state index contributed by atoms with van der Waals surface area (Å²) >= 11 is 0. The highest BCUT2D eigenvalue weighted by Gasteiger charge is 2.52. The van der Waals surface area contributed by atoms with E-state index >= 15 is 0 Å². The molecule has 1 nitrogen and oxygen atoms in total. The molecule has 2 radical (unpaired) electrons. The summed E-state index contributed by atoms with van der Waals surface area (Å²) in [6, 6.07) is 66.6. The maximum atomic E-state index is 6.45. The van der Waals surface area contributed by atoms with Crippen LogP contribution in [0.2, 0.25) is 0 Å². The van der Waals surface area contributed by atoms with Crippen molar-refractivity contribution in [1.82, 2.24) is 0 Å². The Hall–Kier alpha value is -6.38. The molecule has 0 bridgehead atoms. The van der Waals surface area contributed by atoms with Crippen molar-refractivity contribution in [3.8, 4) is 44.5 Å². The van der Waals surface area contributed by atoms with Crippen LogP contribution in [0.3, 0.4) is 0 Å². The van der Waals surface area contributed by atoms with Crippen molar-refractivity contribution >= 4 is 24.9 Å². The molecule has 0 aliphatic heterocycles. The maximum absolute atomic E-state index is 6.45. The number of hydrogen-bond acceptors (Lipinski definition) is 1. The van der Waals surface area contributed by atoms with Crippen LogP contribution in [0.25, 0.3) is 44.5 Å². The average molecular weight is 784 g/mol. The molecular formula is C59H50BN. The van der Waals surface area contributed by atoms with Gasteiger partial charge in [-0.1, -0.05) is 194 Å². The quantitative estimate of drug-likeness (QED) is 0.157. The molecule has 1 atom stereocenters. The Morgan fingerprint density at radius 1 is 0.377 bits per heavy atom. The first-order valence-electron chi connectivity index (χ1n) is 21.8. The summed E-state index contributed by atoms with van der Waals surface area (Å²) in [5, 5.41) is -0.387. The summed E-state index contributed by atoms with van der Waals surface area (Å²) in [4.78, 5) is 2.47. The van der Waals surface area contributed by atoms with Gasteiger partial charge in [0.05, 0.1) is 13.3 Å². The zero-order valence-electron chi connectivity index (χ0n) is 36.3. The first kappa shape index (κ1) is 37.6. The molecule has 0 N–H and O–H groups in total. The largest absolute Gasteiger partial charge is 0.310 e. The van der Waals surface area contributed by atoms with Crippen LogP contribution in [0, 0.1) is 0 Å². The van der Waals surface area contributed by atoms with Crippen LogP contribution in [0.5, 0.6) is 0 Å². The molecule has 0 saturated heterocycles. The highest BCUT2D eigenvalue weighted by molar-refractivity contribution is 6.15. The smallest absolute Gasteiger partial charge is 0.0802 e. The molecule has 2 heteroatoms. The third-order valence-corrected chi connectivity index (χ3v) is 14.1. The Morgan fingerprint density at radius 2 is 0.803 bits per heavy atom. The van der Waals surface area contributed by atoms with Crippen molar-refractivity contribution in [2.24, 2.45) is 0 Å². The molecule has 0 aromatic heterocycles. The van der Waals surface area contributed by atoms with Gasteiger partial charge in [-0.15, -0.1) is 0 Å². The van der Waals surface area contributed by atoms with E-state index in [0.717, 1.165) is 22.6 Å². The van der Waals surface area contributed by atoms with Crippen LogP contribution >= 0.6 is 0 Å². The van der Waals surface area contributed by atoms with Gasteiger partial charge in [-0.3, -0.25) is 0 Å². The van der Waals surface area contributed by atoms with Gasteiger partial charge in [0.25, 0.3) is 0 Å². The molecule has 8 aromatic rings. The van der Waals surface area contributed by atoms with Crippen molar-refractivity contribution in [2.75, 3.05) is 4.90 Å². The highest BCUT2D eigenvalue weighted by atomic mass is 15.1. The number of rotatable bonds is 5. The van der Waals surface area contributed by atoms with E-state index in [1.165, 1.54) is 83.5 Å². The SMILES string of the molecule is [B]C(C)(C)c1ccc(-c2ccc(N(c3ccc4c(c3)-c3ccccc3C4(C)C)c3ccc4c(c3)C3(c5ccccc5-4)c4ccccc4-c4ccc(C(C)(C)C)cc43)cc2)cc1. The van der Waals surface area contributed by atoms with Gasteiger partial charge in [-0.05, 0) is 131 Å². The Balaban J connectivity index is 1.14. The van der Waals surface area contributed by atoms with Crippen LogP contribution in [-0.4, -0.2) is 7.85 Å². The lowest BCUT2D eigenvalue weighted by Gasteiger charge is -2.33. The number of anilines is 3. The van der Waals surface area contributed by atoms with Gasteiger partial charge in [0.1, 0.15) is 0 Å². The lowest BCUT2D eigenvalue weighted by Crippen LogP contribution is -2.27. The number of fused-ring (bicyclic) bond motifs is 13. The minimum absolute atomic E-state index is 0.000550. The molecule has 0 fully saturated rings. The number of hydrogen-bond donors (Lipinski definition) is 0. The van der Waals surface area contributed by atoms with Crippen LogP contribution in [-0.2, 0) is 21.6 Å². The van der Waals surface area contributed by atoms with E-state index < -0.39 is 5.41 Å². The maximum Gasteiger partial charge on any atom is 0.0802 e. The summed E-state index contributed by atoms with van der Waals surface area (Å²) in [5.74, 6) is 0. The first-order chi connectivity index (χ1) is 29.3. The lowest BCUT2D eigenvalue weighted by atomic mass is 9.67. The minimum Gasteiger partial charge on any atom is -0.310 e. The van der Waals surface area contributed by atoms with Crippen LogP contribution < -0.4 is 4.90 Å². The Labute approximate surface area is 363 Å². The van der Waals surface area contributed by atoms with Gasteiger partial charge in [-0.25, -0.2) is 0 Å². The van der Waals surface area contributed by atoms with Gasteiger partial charge >= 0.3 is 0 Å². The summed E-state index contributed by atoms with van der Waals surface area (Å²) in [6.45, 7) is 15.8. The number of nitrogens with zero attached hydrogens (tertiary/aromatic N) is 1. The summed E-state index contributed by atoms with van der Waals surface area (Å²) < 4.78 is 0. The van der Waals surface area contributed by atoms with Crippen LogP contribution in [0.15, 0.2) is 176 Å². The second-order valence-corrected chi connectivity index (χ2v) is 19.7. The Morgan fingerprint density at radius 3 is 1.39 bits per heavy atom. The van der Waals surface area contributed by atoms with E-state index in [-0.39, 0.29) is 16.1 Å². The fraction of sp³-hybridized carbons (Fsp3) is 0.186. The first-order valence-corrected chi connectivity index (χ1v) is 21.8. The molecular weight excluding hydrogens is 733 g/mol. The summed E-state index contributed by atoms with van der Waals surface area (Å²) in [7, 11) is 6.45. The molecule has 3 aliphatic rings. The minimum atomic E-state index is -0.462. The molecule has 0 amide bonds. The molecule has 1 unspecified atom stereocenters. The monoisotopic (exact) mass is 783 g/mol. The fourth-order valence-electron chi connectivity index (χ4n) is 10.9.